The number of hydrogen-bond acceptors (Lipinski definition) is 2. The number of carbonyl (C=O) groups excluding carboxylic acids is 2. The van der Waals surface area contributed by atoms with Gasteiger partial charge in [-0.25, -0.2) is 0 Å². The van der Waals surface area contributed by atoms with Gasteiger partial charge in [-0.05, 0) is 50.4 Å². The molecule has 3 rings (SSSR count). The lowest BCUT2D eigenvalue weighted by Crippen LogP contribution is -2.32. The van der Waals surface area contributed by atoms with E-state index in [1.54, 1.807) is 0 Å². The summed E-state index contributed by atoms with van der Waals surface area (Å²) in [6.07, 6.45) is 14.5. The van der Waals surface area contributed by atoms with E-state index in [9.17, 15) is 9.59 Å². The van der Waals surface area contributed by atoms with E-state index in [0.29, 0.717) is 23.4 Å². The first-order valence-corrected chi connectivity index (χ1v) is 9.33. The van der Waals surface area contributed by atoms with E-state index in [1.807, 2.05) is 0 Å². The van der Waals surface area contributed by atoms with E-state index in [0.717, 1.165) is 38.5 Å². The largest absolute Gasteiger partial charge is 0.299 e. The van der Waals surface area contributed by atoms with Gasteiger partial charge in [-0.1, -0.05) is 32.1 Å². The van der Waals surface area contributed by atoms with Crippen molar-refractivity contribution in [3.05, 3.63) is 0 Å². The van der Waals surface area contributed by atoms with Gasteiger partial charge in [-0.2, -0.15) is 0 Å². The van der Waals surface area contributed by atoms with Crippen LogP contribution in [-0.2, 0) is 9.59 Å². The molecule has 3 saturated carbocycles. The second-order valence-electron chi connectivity index (χ2n) is 7.60. The summed E-state index contributed by atoms with van der Waals surface area (Å²) in [6.45, 7) is 0. The number of rotatable bonds is 2. The molecule has 0 saturated heterocycles. The molecule has 2 heteroatoms. The maximum atomic E-state index is 12.5. The van der Waals surface area contributed by atoms with Crippen molar-refractivity contribution in [1.82, 2.24) is 0 Å². The third-order valence-electron chi connectivity index (χ3n) is 6.36. The fourth-order valence-corrected chi connectivity index (χ4v) is 5.30. The highest BCUT2D eigenvalue weighted by molar-refractivity contribution is 5.83. The van der Waals surface area contributed by atoms with E-state index in [1.165, 1.54) is 44.9 Å². The fraction of sp³-hybridized carbons (Fsp3) is 0.895. The Morgan fingerprint density at radius 1 is 0.524 bits per heavy atom. The summed E-state index contributed by atoms with van der Waals surface area (Å²) in [5, 5.41) is 0. The Bertz CT molecular complexity index is 351. The molecule has 0 aromatic carbocycles. The maximum absolute atomic E-state index is 12.5. The highest BCUT2D eigenvalue weighted by Crippen LogP contribution is 2.46. The van der Waals surface area contributed by atoms with Gasteiger partial charge in [-0.3, -0.25) is 9.59 Å². The van der Waals surface area contributed by atoms with Gasteiger partial charge in [0.1, 0.15) is 11.6 Å². The van der Waals surface area contributed by atoms with Crippen LogP contribution in [-0.4, -0.2) is 11.6 Å². The van der Waals surface area contributed by atoms with E-state index in [4.69, 9.17) is 0 Å². The Kier molecular flexibility index (Phi) is 5.13. The summed E-state index contributed by atoms with van der Waals surface area (Å²) in [5.41, 5.74) is 0. The van der Waals surface area contributed by atoms with Crippen LogP contribution in [0.4, 0.5) is 0 Å². The number of Topliss-reactive ketones (excluding diaryl/α,β-unsaturated/α-hetero) is 2. The normalized spacial score (nSPS) is 39.0. The van der Waals surface area contributed by atoms with Crippen molar-refractivity contribution in [3.8, 4) is 0 Å². The van der Waals surface area contributed by atoms with Crippen LogP contribution in [0.5, 0.6) is 0 Å². The predicted molar refractivity (Wildman–Crippen MR) is 84.0 cm³/mol. The standard InChI is InChI=1S/C19H30O2/c20-18-12-5-1-3-8-16(18)14-10-7-11-15(14)17-9-4-2-6-13-19(17)21/h14-17H,1-13H2. The summed E-state index contributed by atoms with van der Waals surface area (Å²) in [5.74, 6) is 2.67. The molecule has 0 N–H and O–H groups in total. The van der Waals surface area contributed by atoms with Crippen LogP contribution in [0.1, 0.15) is 83.5 Å². The molecule has 0 aliphatic heterocycles. The summed E-state index contributed by atoms with van der Waals surface area (Å²) in [6, 6.07) is 0. The zero-order valence-electron chi connectivity index (χ0n) is 13.3. The molecule has 0 amide bonds. The van der Waals surface area contributed by atoms with Gasteiger partial charge in [0.15, 0.2) is 0 Å². The number of ketones is 2. The van der Waals surface area contributed by atoms with Crippen LogP contribution in [0, 0.1) is 23.7 Å². The minimum absolute atomic E-state index is 0.288. The van der Waals surface area contributed by atoms with Crippen LogP contribution in [0.25, 0.3) is 0 Å². The molecular formula is C19H30O2. The van der Waals surface area contributed by atoms with Crippen LogP contribution in [0.2, 0.25) is 0 Å². The van der Waals surface area contributed by atoms with Gasteiger partial charge >= 0.3 is 0 Å². The lowest BCUT2D eigenvalue weighted by molar-refractivity contribution is -0.129. The first-order chi connectivity index (χ1) is 10.3. The fourth-order valence-electron chi connectivity index (χ4n) is 5.30. The Morgan fingerprint density at radius 3 is 1.48 bits per heavy atom. The molecule has 3 fully saturated rings. The topological polar surface area (TPSA) is 34.1 Å². The smallest absolute Gasteiger partial charge is 0.136 e. The van der Waals surface area contributed by atoms with Crippen molar-refractivity contribution in [3.63, 3.8) is 0 Å². The van der Waals surface area contributed by atoms with Gasteiger partial charge in [0.05, 0.1) is 0 Å². The SMILES string of the molecule is O=C1CCCCCC1C1CCCC1C1CCCCCC1=O. The Morgan fingerprint density at radius 2 is 1.00 bits per heavy atom. The zero-order valence-corrected chi connectivity index (χ0v) is 13.3. The third kappa shape index (κ3) is 3.40. The van der Waals surface area contributed by atoms with Crippen LogP contribution >= 0.6 is 0 Å². The highest BCUT2D eigenvalue weighted by atomic mass is 16.1. The number of hydrogen-bond donors (Lipinski definition) is 0. The minimum Gasteiger partial charge on any atom is -0.299 e. The van der Waals surface area contributed by atoms with Crippen molar-refractivity contribution < 1.29 is 9.59 Å². The van der Waals surface area contributed by atoms with Crippen molar-refractivity contribution in [2.45, 2.75) is 83.5 Å². The maximum Gasteiger partial charge on any atom is 0.136 e. The van der Waals surface area contributed by atoms with E-state index < -0.39 is 0 Å². The van der Waals surface area contributed by atoms with E-state index >= 15 is 0 Å². The monoisotopic (exact) mass is 290 g/mol. The first-order valence-electron chi connectivity index (χ1n) is 9.33. The third-order valence-corrected chi connectivity index (χ3v) is 6.36. The second-order valence-corrected chi connectivity index (χ2v) is 7.60. The first kappa shape index (κ1) is 15.2. The van der Waals surface area contributed by atoms with Crippen LogP contribution in [0.3, 0.4) is 0 Å². The van der Waals surface area contributed by atoms with Gasteiger partial charge < -0.3 is 0 Å². The van der Waals surface area contributed by atoms with Crippen LogP contribution in [0.15, 0.2) is 0 Å². The predicted octanol–water partition coefficient (Wildman–Crippen LogP) is 4.70. The summed E-state index contributed by atoms with van der Waals surface area (Å²) in [4.78, 5) is 25.0. The Labute approximate surface area is 129 Å². The average Bonchev–Trinajstić information content (AvgIpc) is 2.71. The molecule has 2 nitrogen and oxygen atoms in total. The Hall–Kier alpha value is -0.660. The molecule has 0 spiro atoms. The molecule has 3 aliphatic rings. The lowest BCUT2D eigenvalue weighted by atomic mass is 9.71. The molecule has 0 radical (unpaired) electrons. The molecule has 21 heavy (non-hydrogen) atoms. The Balaban J connectivity index is 1.74. The minimum atomic E-state index is 0.288. The van der Waals surface area contributed by atoms with Gasteiger partial charge in [0, 0.05) is 24.7 Å². The molecule has 3 aliphatic carbocycles. The second kappa shape index (κ2) is 7.07. The molecule has 0 aromatic rings. The van der Waals surface area contributed by atoms with Gasteiger partial charge in [-0.15, -0.1) is 0 Å². The summed E-state index contributed by atoms with van der Waals surface area (Å²) in [7, 11) is 0. The number of carbonyl (C=O) groups is 2. The van der Waals surface area contributed by atoms with Crippen molar-refractivity contribution in [1.29, 1.82) is 0 Å². The average molecular weight is 290 g/mol. The molecule has 4 unspecified atom stereocenters. The molecule has 0 bridgehead atoms. The van der Waals surface area contributed by atoms with E-state index in [-0.39, 0.29) is 11.8 Å². The van der Waals surface area contributed by atoms with Crippen molar-refractivity contribution >= 4 is 11.6 Å². The summed E-state index contributed by atoms with van der Waals surface area (Å²) < 4.78 is 0. The van der Waals surface area contributed by atoms with Gasteiger partial charge in [0.25, 0.3) is 0 Å². The molecule has 118 valence electrons. The summed E-state index contributed by atoms with van der Waals surface area (Å²) >= 11 is 0. The molecule has 0 heterocycles. The van der Waals surface area contributed by atoms with Crippen LogP contribution < -0.4 is 0 Å². The molecular weight excluding hydrogens is 260 g/mol. The highest BCUT2D eigenvalue weighted by Gasteiger charge is 2.42. The molecule has 0 aromatic heterocycles. The van der Waals surface area contributed by atoms with E-state index in [2.05, 4.69) is 0 Å². The van der Waals surface area contributed by atoms with Crippen molar-refractivity contribution in [2.75, 3.05) is 0 Å². The lowest BCUT2D eigenvalue weighted by Gasteiger charge is -2.31. The quantitative estimate of drug-likeness (QED) is 0.691. The molecule has 4 atom stereocenters. The zero-order chi connectivity index (χ0) is 14.7. The van der Waals surface area contributed by atoms with Gasteiger partial charge in [0.2, 0.25) is 0 Å². The van der Waals surface area contributed by atoms with Crippen molar-refractivity contribution in [2.24, 2.45) is 23.7 Å².